The van der Waals surface area contributed by atoms with E-state index in [9.17, 15) is 4.79 Å². The topological polar surface area (TPSA) is 86.3 Å². The number of hydrazine groups is 1. The molecule has 1 aromatic heterocycles. The van der Waals surface area contributed by atoms with Gasteiger partial charge in [0.2, 0.25) is 0 Å². The summed E-state index contributed by atoms with van der Waals surface area (Å²) in [4.78, 5) is 14.2. The highest BCUT2D eigenvalue weighted by molar-refractivity contribution is 7.80. The molecule has 4 N–H and O–H groups in total. The number of hydrogen-bond donors (Lipinski definition) is 4. The Bertz CT molecular complexity index is 344. The Labute approximate surface area is 91.7 Å². The minimum Gasteiger partial charge on any atom is -0.480 e. The number of anilines is 1. The first-order valence-corrected chi connectivity index (χ1v) is 4.52. The molecule has 0 saturated carbocycles. The Morgan fingerprint density at radius 1 is 1.53 bits per heavy atom. The van der Waals surface area contributed by atoms with Crippen molar-refractivity contribution in [3.8, 4) is 0 Å². The standard InChI is InChI=1S/C8H10N4O2S/c13-7(14)5-10-8(15)12-11-6-3-1-2-4-9-6/h1-4H,5H2,(H,9,11)(H,13,14)(H2,10,12,15). The van der Waals surface area contributed by atoms with Crippen LogP contribution in [-0.2, 0) is 4.79 Å². The van der Waals surface area contributed by atoms with Gasteiger partial charge in [-0.05, 0) is 24.4 Å². The average Bonchev–Trinajstić information content (AvgIpc) is 2.25. The fourth-order valence-corrected chi connectivity index (χ4v) is 0.881. The zero-order valence-electron chi connectivity index (χ0n) is 7.73. The van der Waals surface area contributed by atoms with Gasteiger partial charge < -0.3 is 10.4 Å². The van der Waals surface area contributed by atoms with Crippen molar-refractivity contribution in [1.82, 2.24) is 15.7 Å². The third kappa shape index (κ3) is 4.77. The largest absolute Gasteiger partial charge is 0.480 e. The number of thiocarbonyl (C=S) groups is 1. The summed E-state index contributed by atoms with van der Waals surface area (Å²) in [6.07, 6.45) is 1.62. The van der Waals surface area contributed by atoms with Gasteiger partial charge in [-0.3, -0.25) is 15.6 Å². The Morgan fingerprint density at radius 2 is 2.33 bits per heavy atom. The van der Waals surface area contributed by atoms with E-state index in [4.69, 9.17) is 17.3 Å². The molecule has 0 saturated heterocycles. The van der Waals surface area contributed by atoms with Gasteiger partial charge in [-0.25, -0.2) is 4.98 Å². The number of hydrogen-bond acceptors (Lipinski definition) is 4. The van der Waals surface area contributed by atoms with Crippen molar-refractivity contribution in [2.24, 2.45) is 0 Å². The molecule has 0 amide bonds. The van der Waals surface area contributed by atoms with Gasteiger partial charge in [0.15, 0.2) is 5.11 Å². The van der Waals surface area contributed by atoms with E-state index < -0.39 is 5.97 Å². The maximum atomic E-state index is 10.2. The van der Waals surface area contributed by atoms with E-state index in [1.807, 2.05) is 6.07 Å². The summed E-state index contributed by atoms with van der Waals surface area (Å²) in [5, 5.41) is 11.0. The molecule has 15 heavy (non-hydrogen) atoms. The highest BCUT2D eigenvalue weighted by atomic mass is 32.1. The Kier molecular flexibility index (Phi) is 4.30. The Morgan fingerprint density at radius 3 is 2.93 bits per heavy atom. The van der Waals surface area contributed by atoms with Crippen molar-refractivity contribution in [1.29, 1.82) is 0 Å². The van der Waals surface area contributed by atoms with Crippen LogP contribution in [0.5, 0.6) is 0 Å². The highest BCUT2D eigenvalue weighted by Crippen LogP contribution is 1.96. The van der Waals surface area contributed by atoms with Gasteiger partial charge in [-0.1, -0.05) is 6.07 Å². The van der Waals surface area contributed by atoms with E-state index in [0.29, 0.717) is 5.82 Å². The molecule has 1 aromatic rings. The van der Waals surface area contributed by atoms with Gasteiger partial charge in [-0.2, -0.15) is 0 Å². The molecule has 7 heteroatoms. The minimum atomic E-state index is -0.975. The molecule has 80 valence electrons. The van der Waals surface area contributed by atoms with Crippen LogP contribution in [-0.4, -0.2) is 27.7 Å². The molecular weight excluding hydrogens is 216 g/mol. The summed E-state index contributed by atoms with van der Waals surface area (Å²) in [6, 6.07) is 5.34. The first-order chi connectivity index (χ1) is 7.18. The highest BCUT2D eigenvalue weighted by Gasteiger charge is 1.98. The number of carbonyl (C=O) groups is 1. The van der Waals surface area contributed by atoms with Gasteiger partial charge in [0, 0.05) is 6.20 Å². The molecule has 0 spiro atoms. The van der Waals surface area contributed by atoms with Crippen LogP contribution < -0.4 is 16.2 Å². The smallest absolute Gasteiger partial charge is 0.322 e. The lowest BCUT2D eigenvalue weighted by Crippen LogP contribution is -2.41. The number of aliphatic carboxylic acids is 1. The number of nitrogens with zero attached hydrogens (tertiary/aromatic N) is 1. The summed E-state index contributed by atoms with van der Waals surface area (Å²) in [5.74, 6) is -0.381. The number of carboxylic acid groups (broad SMARTS) is 1. The van der Waals surface area contributed by atoms with Crippen LogP contribution in [0.4, 0.5) is 5.82 Å². The maximum absolute atomic E-state index is 10.2. The van der Waals surface area contributed by atoms with Crippen LogP contribution in [0, 0.1) is 0 Å². The van der Waals surface area contributed by atoms with E-state index >= 15 is 0 Å². The second kappa shape index (κ2) is 5.76. The first kappa shape index (κ1) is 11.2. The summed E-state index contributed by atoms with van der Waals surface area (Å²) < 4.78 is 0. The van der Waals surface area contributed by atoms with Gasteiger partial charge in [-0.15, -0.1) is 0 Å². The normalized spacial score (nSPS) is 9.07. The summed E-state index contributed by atoms with van der Waals surface area (Å²) in [7, 11) is 0. The van der Waals surface area contributed by atoms with Gasteiger partial charge in [0.1, 0.15) is 12.4 Å². The number of pyridine rings is 1. The van der Waals surface area contributed by atoms with Crippen LogP contribution in [0.3, 0.4) is 0 Å². The number of aromatic nitrogens is 1. The predicted octanol–water partition coefficient (Wildman–Crippen LogP) is -0.0428. The molecule has 0 fully saturated rings. The fraction of sp³-hybridized carbons (Fsp3) is 0.125. The van der Waals surface area contributed by atoms with Crippen molar-refractivity contribution in [3.05, 3.63) is 24.4 Å². The Hall–Kier alpha value is -1.89. The quantitative estimate of drug-likeness (QED) is 0.423. The summed E-state index contributed by atoms with van der Waals surface area (Å²) >= 11 is 4.80. The first-order valence-electron chi connectivity index (χ1n) is 4.11. The molecule has 0 radical (unpaired) electrons. The summed E-state index contributed by atoms with van der Waals surface area (Å²) in [5.41, 5.74) is 5.31. The zero-order valence-corrected chi connectivity index (χ0v) is 8.54. The zero-order chi connectivity index (χ0) is 11.1. The lowest BCUT2D eigenvalue weighted by atomic mass is 10.5. The second-order valence-electron chi connectivity index (χ2n) is 2.54. The second-order valence-corrected chi connectivity index (χ2v) is 2.95. The molecule has 0 aliphatic heterocycles. The maximum Gasteiger partial charge on any atom is 0.322 e. The van der Waals surface area contributed by atoms with Crippen LogP contribution in [0.1, 0.15) is 0 Å². The molecule has 0 aromatic carbocycles. The van der Waals surface area contributed by atoms with Crippen LogP contribution >= 0.6 is 12.2 Å². The molecule has 1 heterocycles. The number of nitrogens with one attached hydrogen (secondary N) is 3. The van der Waals surface area contributed by atoms with Gasteiger partial charge in [0.05, 0.1) is 0 Å². The molecule has 0 atom stereocenters. The lowest BCUT2D eigenvalue weighted by Gasteiger charge is -2.09. The van der Waals surface area contributed by atoms with Gasteiger partial charge >= 0.3 is 5.97 Å². The molecule has 1 rings (SSSR count). The van der Waals surface area contributed by atoms with Crippen molar-refractivity contribution in [2.75, 3.05) is 12.0 Å². The third-order valence-electron chi connectivity index (χ3n) is 1.37. The fourth-order valence-electron chi connectivity index (χ4n) is 0.758. The van der Waals surface area contributed by atoms with E-state index in [1.54, 1.807) is 18.3 Å². The van der Waals surface area contributed by atoms with Crippen LogP contribution in [0.2, 0.25) is 0 Å². The molecule has 0 bridgehead atoms. The molecule has 0 aliphatic carbocycles. The molecule has 0 aliphatic rings. The molecule has 6 nitrogen and oxygen atoms in total. The van der Waals surface area contributed by atoms with Crippen molar-refractivity contribution in [2.45, 2.75) is 0 Å². The molecular formula is C8H10N4O2S. The van der Waals surface area contributed by atoms with E-state index in [1.165, 1.54) is 0 Å². The summed E-state index contributed by atoms with van der Waals surface area (Å²) in [6.45, 7) is -0.226. The third-order valence-corrected chi connectivity index (χ3v) is 1.62. The van der Waals surface area contributed by atoms with Crippen molar-refractivity contribution >= 4 is 29.1 Å². The van der Waals surface area contributed by atoms with Gasteiger partial charge in [0.25, 0.3) is 0 Å². The number of rotatable bonds is 4. The number of carboxylic acids is 1. The van der Waals surface area contributed by atoms with E-state index in [-0.39, 0.29) is 11.7 Å². The van der Waals surface area contributed by atoms with Crippen molar-refractivity contribution in [3.63, 3.8) is 0 Å². The SMILES string of the molecule is O=C(O)CNC(=S)NNc1ccccn1. The minimum absolute atomic E-state index is 0.197. The van der Waals surface area contributed by atoms with Crippen LogP contribution in [0.15, 0.2) is 24.4 Å². The lowest BCUT2D eigenvalue weighted by molar-refractivity contribution is -0.135. The predicted molar refractivity (Wildman–Crippen MR) is 59.2 cm³/mol. The van der Waals surface area contributed by atoms with Crippen LogP contribution in [0.25, 0.3) is 0 Å². The van der Waals surface area contributed by atoms with Crippen molar-refractivity contribution < 1.29 is 9.90 Å². The molecule has 0 unspecified atom stereocenters. The van der Waals surface area contributed by atoms with E-state index in [2.05, 4.69) is 21.2 Å². The monoisotopic (exact) mass is 226 g/mol. The van der Waals surface area contributed by atoms with E-state index in [0.717, 1.165) is 0 Å². The average molecular weight is 226 g/mol. The Balaban J connectivity index is 2.26.